The van der Waals surface area contributed by atoms with Crippen LogP contribution in [0.3, 0.4) is 0 Å². The van der Waals surface area contributed by atoms with Crippen LogP contribution in [-0.2, 0) is 0 Å². The summed E-state index contributed by atoms with van der Waals surface area (Å²) in [5.74, 6) is 0.729. The van der Waals surface area contributed by atoms with Crippen molar-refractivity contribution in [2.45, 2.75) is 50.8 Å². The lowest BCUT2D eigenvalue weighted by Crippen LogP contribution is -2.21. The molecule has 25 heavy (non-hydrogen) atoms. The molecule has 1 aromatic carbocycles. The number of allylic oxidation sites excluding steroid dienone is 1. The van der Waals surface area contributed by atoms with Gasteiger partial charge in [0, 0.05) is 11.4 Å². The van der Waals surface area contributed by atoms with Gasteiger partial charge in [-0.05, 0) is 44.2 Å². The summed E-state index contributed by atoms with van der Waals surface area (Å²) in [6, 6.07) is 8.67. The molecule has 0 saturated heterocycles. The lowest BCUT2D eigenvalue weighted by Gasteiger charge is -2.22. The third kappa shape index (κ3) is 2.30. The Kier molecular flexibility index (Phi) is 3.24. The topological polar surface area (TPSA) is 77.0 Å². The number of benzene rings is 1. The minimum absolute atomic E-state index is 0.251. The molecular formula is C20H22N4O. The standard InChI is InChI=1S/C20H22N4O/c1-11(25)20-23-17-10-22-16-5-3-2-4-14(16)19(17)24(20)18-7-6-13(21)8-12-9-15(12)18/h2-5,10-11,13,18,25H,6-9,21H2,1H3/t11-,13?,18?/m1/s1. The summed E-state index contributed by atoms with van der Waals surface area (Å²) in [6.07, 6.45) is 5.31. The van der Waals surface area contributed by atoms with E-state index in [-0.39, 0.29) is 12.1 Å². The zero-order valence-corrected chi connectivity index (χ0v) is 14.3. The molecule has 5 nitrogen and oxygen atoms in total. The second-order valence-electron chi connectivity index (χ2n) is 7.39. The maximum atomic E-state index is 10.4. The summed E-state index contributed by atoms with van der Waals surface area (Å²) in [5.41, 5.74) is 12.2. The van der Waals surface area contributed by atoms with E-state index in [0.29, 0.717) is 0 Å². The van der Waals surface area contributed by atoms with Crippen molar-refractivity contribution in [2.75, 3.05) is 0 Å². The molecule has 5 rings (SSSR count). The largest absolute Gasteiger partial charge is 0.385 e. The summed E-state index contributed by atoms with van der Waals surface area (Å²) < 4.78 is 2.27. The van der Waals surface area contributed by atoms with Crippen molar-refractivity contribution in [1.29, 1.82) is 0 Å². The molecule has 0 bridgehead atoms. The van der Waals surface area contributed by atoms with Gasteiger partial charge in [-0.25, -0.2) is 4.98 Å². The number of hydrogen-bond acceptors (Lipinski definition) is 4. The van der Waals surface area contributed by atoms with Crippen molar-refractivity contribution < 1.29 is 5.11 Å². The highest BCUT2D eigenvalue weighted by atomic mass is 16.3. The molecule has 0 aliphatic heterocycles. The van der Waals surface area contributed by atoms with E-state index in [1.807, 2.05) is 24.4 Å². The second-order valence-corrected chi connectivity index (χ2v) is 7.39. The Morgan fingerprint density at radius 1 is 1.24 bits per heavy atom. The number of nitrogens with zero attached hydrogens (tertiary/aromatic N) is 3. The predicted molar refractivity (Wildman–Crippen MR) is 98.2 cm³/mol. The Labute approximate surface area is 146 Å². The van der Waals surface area contributed by atoms with Crippen LogP contribution in [0.4, 0.5) is 0 Å². The average Bonchev–Trinajstić information content (AvgIpc) is 3.25. The molecule has 0 radical (unpaired) electrons. The molecular weight excluding hydrogens is 312 g/mol. The minimum Gasteiger partial charge on any atom is -0.385 e. The Hall–Kier alpha value is -2.24. The number of rotatable bonds is 2. The number of para-hydroxylation sites is 1. The molecule has 0 spiro atoms. The summed E-state index contributed by atoms with van der Waals surface area (Å²) in [7, 11) is 0. The number of fused-ring (bicyclic) bond motifs is 3. The van der Waals surface area contributed by atoms with Gasteiger partial charge in [-0.1, -0.05) is 23.8 Å². The van der Waals surface area contributed by atoms with Crippen LogP contribution in [0.25, 0.3) is 21.9 Å². The smallest absolute Gasteiger partial charge is 0.139 e. The minimum atomic E-state index is -0.620. The van der Waals surface area contributed by atoms with E-state index >= 15 is 0 Å². The van der Waals surface area contributed by atoms with Crippen LogP contribution in [0, 0.1) is 0 Å². The fourth-order valence-electron chi connectivity index (χ4n) is 4.35. The van der Waals surface area contributed by atoms with Gasteiger partial charge in [-0.15, -0.1) is 0 Å². The van der Waals surface area contributed by atoms with Gasteiger partial charge in [0.25, 0.3) is 0 Å². The fraction of sp³-hybridized carbons (Fsp3) is 0.400. The van der Waals surface area contributed by atoms with Gasteiger partial charge >= 0.3 is 0 Å². The fourth-order valence-corrected chi connectivity index (χ4v) is 4.35. The zero-order chi connectivity index (χ0) is 17.1. The van der Waals surface area contributed by atoms with Crippen LogP contribution in [0.1, 0.15) is 50.6 Å². The van der Waals surface area contributed by atoms with Crippen molar-refractivity contribution in [3.8, 4) is 0 Å². The molecule has 2 aliphatic rings. The quantitative estimate of drug-likeness (QED) is 0.704. The summed E-state index contributed by atoms with van der Waals surface area (Å²) in [6.45, 7) is 1.79. The highest BCUT2D eigenvalue weighted by molar-refractivity contribution is 6.02. The van der Waals surface area contributed by atoms with Crippen molar-refractivity contribution in [3.05, 3.63) is 47.4 Å². The van der Waals surface area contributed by atoms with Crippen molar-refractivity contribution in [2.24, 2.45) is 5.73 Å². The summed E-state index contributed by atoms with van der Waals surface area (Å²) >= 11 is 0. The zero-order valence-electron chi connectivity index (χ0n) is 14.3. The number of aliphatic hydroxyl groups excluding tert-OH is 1. The first-order valence-corrected chi connectivity index (χ1v) is 9.03. The first kappa shape index (κ1) is 15.0. The first-order chi connectivity index (χ1) is 12.1. The Balaban J connectivity index is 1.81. The van der Waals surface area contributed by atoms with E-state index in [1.54, 1.807) is 6.92 Å². The Bertz CT molecular complexity index is 1020. The number of aliphatic hydroxyl groups is 1. The van der Waals surface area contributed by atoms with Crippen molar-refractivity contribution >= 4 is 21.9 Å². The molecule has 128 valence electrons. The van der Waals surface area contributed by atoms with Gasteiger partial charge in [0.1, 0.15) is 17.4 Å². The normalized spacial score (nSPS) is 24.4. The number of imidazole rings is 1. The Morgan fingerprint density at radius 3 is 2.92 bits per heavy atom. The molecule has 0 saturated carbocycles. The number of aromatic nitrogens is 3. The number of pyridine rings is 1. The van der Waals surface area contributed by atoms with Crippen LogP contribution < -0.4 is 5.73 Å². The molecule has 0 fully saturated rings. The van der Waals surface area contributed by atoms with Crippen LogP contribution in [0.15, 0.2) is 41.6 Å². The van der Waals surface area contributed by atoms with Crippen LogP contribution in [0.5, 0.6) is 0 Å². The van der Waals surface area contributed by atoms with Gasteiger partial charge in [0.15, 0.2) is 0 Å². The monoisotopic (exact) mass is 334 g/mol. The molecule has 3 aromatic rings. The SMILES string of the molecule is C[C@@H](O)c1nc2cnc3ccccc3c2n1C1CCC(N)CC2=C1C2. The van der Waals surface area contributed by atoms with Gasteiger partial charge in [0.2, 0.25) is 0 Å². The molecule has 2 aromatic heterocycles. The summed E-state index contributed by atoms with van der Waals surface area (Å²) in [5, 5.41) is 11.5. The Morgan fingerprint density at radius 2 is 2.08 bits per heavy atom. The van der Waals surface area contributed by atoms with Gasteiger partial charge in [0.05, 0.1) is 23.3 Å². The van der Waals surface area contributed by atoms with Crippen LogP contribution in [0.2, 0.25) is 0 Å². The molecule has 2 heterocycles. The third-order valence-electron chi connectivity index (χ3n) is 5.59. The van der Waals surface area contributed by atoms with E-state index in [2.05, 4.69) is 15.6 Å². The van der Waals surface area contributed by atoms with E-state index in [0.717, 1.165) is 53.4 Å². The van der Waals surface area contributed by atoms with E-state index < -0.39 is 6.10 Å². The predicted octanol–water partition coefficient (Wildman–Crippen LogP) is 3.39. The lowest BCUT2D eigenvalue weighted by atomic mass is 10.0. The van der Waals surface area contributed by atoms with Crippen LogP contribution in [-0.4, -0.2) is 25.7 Å². The van der Waals surface area contributed by atoms with Crippen molar-refractivity contribution in [1.82, 2.24) is 14.5 Å². The van der Waals surface area contributed by atoms with E-state index in [1.165, 1.54) is 11.1 Å². The second kappa shape index (κ2) is 5.38. The van der Waals surface area contributed by atoms with Gasteiger partial charge in [-0.3, -0.25) is 4.98 Å². The maximum absolute atomic E-state index is 10.4. The number of nitrogens with two attached hydrogens (primary N) is 1. The molecule has 5 heteroatoms. The van der Waals surface area contributed by atoms with Crippen molar-refractivity contribution in [3.63, 3.8) is 0 Å². The number of hydrogen-bond donors (Lipinski definition) is 2. The van der Waals surface area contributed by atoms with E-state index in [9.17, 15) is 5.11 Å². The lowest BCUT2D eigenvalue weighted by molar-refractivity contribution is 0.182. The molecule has 2 aliphatic carbocycles. The third-order valence-corrected chi connectivity index (χ3v) is 5.59. The van der Waals surface area contributed by atoms with Gasteiger partial charge < -0.3 is 15.4 Å². The molecule has 0 amide bonds. The first-order valence-electron chi connectivity index (χ1n) is 9.03. The average molecular weight is 334 g/mol. The summed E-state index contributed by atoms with van der Waals surface area (Å²) in [4.78, 5) is 9.28. The molecule has 2 unspecified atom stereocenters. The molecule has 3 N–H and O–H groups in total. The van der Waals surface area contributed by atoms with E-state index in [4.69, 9.17) is 10.7 Å². The van der Waals surface area contributed by atoms with Crippen LogP contribution >= 0.6 is 0 Å². The molecule has 3 atom stereocenters. The maximum Gasteiger partial charge on any atom is 0.139 e. The highest BCUT2D eigenvalue weighted by Gasteiger charge is 2.36. The van der Waals surface area contributed by atoms with Gasteiger partial charge in [-0.2, -0.15) is 0 Å². The highest BCUT2D eigenvalue weighted by Crippen LogP contribution is 2.49.